The number of nitrogens with zero attached hydrogens (tertiary/aromatic N) is 1. The van der Waals surface area contributed by atoms with Crippen LogP contribution in [0.1, 0.15) is 51.2 Å². The summed E-state index contributed by atoms with van der Waals surface area (Å²) in [7, 11) is 3.43. The lowest BCUT2D eigenvalue weighted by Gasteiger charge is -2.16. The molecular weight excluding hydrogens is 465 g/mol. The molecule has 1 unspecified atom stereocenters. The van der Waals surface area contributed by atoms with E-state index in [-0.39, 0.29) is 16.8 Å². The molecule has 0 aliphatic heterocycles. The third-order valence-electron chi connectivity index (χ3n) is 6.19. The summed E-state index contributed by atoms with van der Waals surface area (Å²) < 4.78 is 11.5. The second kappa shape index (κ2) is 10.7. The minimum atomic E-state index is -0.995. The zero-order valence-corrected chi connectivity index (χ0v) is 21.2. The number of allylic oxidation sites excluding steroid dienone is 2. The highest BCUT2D eigenvalue weighted by Gasteiger charge is 2.20. The maximum Gasteiger partial charge on any atom is 0.335 e. The van der Waals surface area contributed by atoms with Gasteiger partial charge in [-0.3, -0.25) is 4.79 Å². The molecule has 1 radical (unpaired) electrons. The Kier molecular flexibility index (Phi) is 7.43. The maximum atomic E-state index is 13.1. The first-order valence-corrected chi connectivity index (χ1v) is 11.8. The fourth-order valence-electron chi connectivity index (χ4n) is 4.20. The van der Waals surface area contributed by atoms with Gasteiger partial charge in [-0.25, -0.2) is 9.78 Å². The van der Waals surface area contributed by atoms with Gasteiger partial charge >= 0.3 is 5.97 Å². The Labute approximate surface area is 216 Å². The van der Waals surface area contributed by atoms with Crippen molar-refractivity contribution in [2.75, 3.05) is 7.11 Å². The number of aromatic nitrogens is 1. The van der Waals surface area contributed by atoms with Gasteiger partial charge in [0.25, 0.3) is 0 Å². The Morgan fingerprint density at radius 3 is 2.65 bits per heavy atom. The first kappa shape index (κ1) is 25.7. The summed E-state index contributed by atoms with van der Waals surface area (Å²) in [5.74, 6) is -0.375. The Hall–Kier alpha value is -4.39. The first-order valence-electron chi connectivity index (χ1n) is 11.8. The van der Waals surface area contributed by atoms with E-state index < -0.39 is 5.97 Å². The first-order chi connectivity index (χ1) is 17.7. The molecule has 7 heteroatoms. The quantitative estimate of drug-likeness (QED) is 0.264. The number of carbonyl (C=O) groups is 1. The van der Waals surface area contributed by atoms with Gasteiger partial charge in [-0.05, 0) is 60.6 Å². The molecule has 0 saturated heterocycles. The van der Waals surface area contributed by atoms with Crippen molar-refractivity contribution in [1.29, 1.82) is 0 Å². The van der Waals surface area contributed by atoms with Crippen molar-refractivity contribution < 1.29 is 19.1 Å². The van der Waals surface area contributed by atoms with Gasteiger partial charge in [0.15, 0.2) is 12.7 Å². The van der Waals surface area contributed by atoms with Gasteiger partial charge in [0.05, 0.1) is 23.8 Å². The van der Waals surface area contributed by atoms with Gasteiger partial charge in [-0.2, -0.15) is 0 Å². The van der Waals surface area contributed by atoms with Crippen LogP contribution in [0.5, 0.6) is 5.88 Å². The second-order valence-corrected chi connectivity index (χ2v) is 8.97. The molecule has 2 aromatic carbocycles. The Balaban J connectivity index is 1.73. The van der Waals surface area contributed by atoms with Crippen LogP contribution in [0.25, 0.3) is 22.6 Å². The van der Waals surface area contributed by atoms with Crippen LogP contribution in [0.3, 0.4) is 0 Å². The third kappa shape index (κ3) is 5.56. The molecule has 1 atom stereocenters. The number of fused-ring (bicyclic) bond motifs is 1. The van der Waals surface area contributed by atoms with E-state index in [1.54, 1.807) is 55.7 Å². The van der Waals surface area contributed by atoms with Crippen molar-refractivity contribution in [1.82, 2.24) is 4.98 Å². The highest BCUT2D eigenvalue weighted by Crippen LogP contribution is 2.28. The van der Waals surface area contributed by atoms with E-state index in [1.807, 2.05) is 40.2 Å². The molecule has 0 fully saturated rings. The molecule has 0 amide bonds. The number of pyridine rings is 1. The Bertz CT molecular complexity index is 1600. The number of hydrogen-bond donors (Lipinski definition) is 1. The van der Waals surface area contributed by atoms with Crippen LogP contribution in [-0.2, 0) is 0 Å². The molecule has 6 nitrogen and oxygen atoms in total. The van der Waals surface area contributed by atoms with Gasteiger partial charge in [0.2, 0.25) is 5.88 Å². The number of ether oxygens (including phenoxy) is 1. The van der Waals surface area contributed by atoms with Crippen LogP contribution in [0, 0.1) is 13.8 Å². The van der Waals surface area contributed by atoms with Crippen molar-refractivity contribution in [2.45, 2.75) is 26.6 Å². The van der Waals surface area contributed by atoms with Crippen molar-refractivity contribution in [2.24, 2.45) is 0 Å². The summed E-state index contributed by atoms with van der Waals surface area (Å²) in [5.41, 5.74) is 5.00. The lowest BCUT2D eigenvalue weighted by molar-refractivity contribution is 0.0698. The minimum Gasteiger partial charge on any atom is -0.481 e. The maximum absolute atomic E-state index is 13.1. The normalized spacial score (nSPS) is 12.0. The zero-order valence-electron chi connectivity index (χ0n) is 21.2. The summed E-state index contributed by atoms with van der Waals surface area (Å²) in [6.45, 7) is 9.91. The van der Waals surface area contributed by atoms with E-state index in [1.165, 1.54) is 6.07 Å². The molecular formula is C30H27BNO5. The molecule has 37 heavy (non-hydrogen) atoms. The van der Waals surface area contributed by atoms with Crippen molar-refractivity contribution in [3.05, 3.63) is 111 Å². The van der Waals surface area contributed by atoms with Gasteiger partial charge in [-0.15, -0.1) is 0 Å². The van der Waals surface area contributed by atoms with E-state index in [2.05, 4.69) is 11.6 Å². The van der Waals surface area contributed by atoms with Crippen molar-refractivity contribution >= 4 is 41.3 Å². The topological polar surface area (TPSA) is 89.6 Å². The largest absolute Gasteiger partial charge is 0.481 e. The number of carboxylic acid groups (broad SMARTS) is 1. The summed E-state index contributed by atoms with van der Waals surface area (Å²) in [4.78, 5) is 29.2. The Morgan fingerprint density at radius 2 is 1.92 bits per heavy atom. The standard InChI is InChI=1S/C30H27BNO5/c1-17-14-22(20(4)31-24-9-7-6-8-21(24)30(34)35)29-23(15-17)26(33)16-27(37-29)19(3)10-12-25-18(2)11-13-28(32-25)36-5/h6-16,20H,3H2,1-2,4-5H3,(H,34,35)/b12-10-. The van der Waals surface area contributed by atoms with E-state index in [0.29, 0.717) is 33.6 Å². The number of hydrogen-bond acceptors (Lipinski definition) is 5. The number of methoxy groups -OCH3 is 1. The number of rotatable bonds is 8. The molecule has 0 bridgehead atoms. The van der Waals surface area contributed by atoms with Crippen LogP contribution in [0.15, 0.2) is 76.5 Å². The molecule has 2 aromatic heterocycles. The summed E-state index contributed by atoms with van der Waals surface area (Å²) in [6.07, 6.45) is 3.56. The van der Waals surface area contributed by atoms with E-state index >= 15 is 0 Å². The molecule has 1 N–H and O–H groups in total. The number of carboxylic acids is 1. The fourth-order valence-corrected chi connectivity index (χ4v) is 4.20. The third-order valence-corrected chi connectivity index (χ3v) is 6.19. The fraction of sp³-hybridized carbons (Fsp3) is 0.167. The number of benzene rings is 2. The second-order valence-electron chi connectivity index (χ2n) is 8.97. The number of aryl methyl sites for hydroxylation is 2. The molecule has 0 aliphatic rings. The summed E-state index contributed by atoms with van der Waals surface area (Å²) in [6, 6.07) is 15.7. The molecule has 4 rings (SSSR count). The molecule has 0 saturated carbocycles. The van der Waals surface area contributed by atoms with Gasteiger partial charge in [0, 0.05) is 17.7 Å². The van der Waals surface area contributed by atoms with E-state index in [9.17, 15) is 14.7 Å². The van der Waals surface area contributed by atoms with Crippen LogP contribution in [0.4, 0.5) is 0 Å². The van der Waals surface area contributed by atoms with Crippen LogP contribution in [-0.4, -0.2) is 30.4 Å². The highest BCUT2D eigenvalue weighted by atomic mass is 16.5. The van der Waals surface area contributed by atoms with Crippen LogP contribution < -0.4 is 15.6 Å². The zero-order chi connectivity index (χ0) is 26.7. The van der Waals surface area contributed by atoms with Crippen molar-refractivity contribution in [3.63, 3.8) is 0 Å². The van der Waals surface area contributed by atoms with E-state index in [4.69, 9.17) is 9.15 Å². The minimum absolute atomic E-state index is 0.176. The predicted octanol–water partition coefficient (Wildman–Crippen LogP) is 5.33. The monoisotopic (exact) mass is 492 g/mol. The van der Waals surface area contributed by atoms with Gasteiger partial charge in [-0.1, -0.05) is 49.3 Å². The van der Waals surface area contributed by atoms with Gasteiger partial charge < -0.3 is 14.3 Å². The predicted molar refractivity (Wildman–Crippen MR) is 148 cm³/mol. The average molecular weight is 492 g/mol. The molecule has 0 aliphatic carbocycles. The molecule has 0 spiro atoms. The summed E-state index contributed by atoms with van der Waals surface area (Å²) >= 11 is 0. The smallest absolute Gasteiger partial charge is 0.335 e. The van der Waals surface area contributed by atoms with Crippen molar-refractivity contribution in [3.8, 4) is 5.88 Å². The lowest BCUT2D eigenvalue weighted by Crippen LogP contribution is -2.26. The Morgan fingerprint density at radius 1 is 1.16 bits per heavy atom. The molecule has 2 heterocycles. The number of aromatic carboxylic acids is 1. The van der Waals surface area contributed by atoms with E-state index in [0.717, 1.165) is 22.4 Å². The molecule has 185 valence electrons. The van der Waals surface area contributed by atoms with Crippen LogP contribution >= 0.6 is 0 Å². The SMILES string of the molecule is C=C(/C=C\c1nc(OC)ccc1C)c1cc(=O)c2cc(C)cc(C(C)[B]c3ccccc3C(=O)O)c2o1. The summed E-state index contributed by atoms with van der Waals surface area (Å²) in [5, 5.41) is 10.0. The van der Waals surface area contributed by atoms with Crippen LogP contribution in [0.2, 0.25) is 0 Å². The lowest BCUT2D eigenvalue weighted by atomic mass is 9.56. The van der Waals surface area contributed by atoms with Gasteiger partial charge in [0.1, 0.15) is 11.3 Å². The average Bonchev–Trinajstić information content (AvgIpc) is 2.88. The highest BCUT2D eigenvalue weighted by molar-refractivity contribution is 6.57. The molecule has 4 aromatic rings.